The normalized spacial score (nSPS) is 28.0. The van der Waals surface area contributed by atoms with Crippen molar-refractivity contribution in [3.8, 4) is 0 Å². The fourth-order valence-corrected chi connectivity index (χ4v) is 3.71. The number of carbonyl (C=O) groups excluding carboxylic acids is 1. The van der Waals surface area contributed by atoms with E-state index in [1.807, 2.05) is 0 Å². The molecule has 2 unspecified atom stereocenters. The van der Waals surface area contributed by atoms with E-state index < -0.39 is 5.60 Å². The first-order valence-electron chi connectivity index (χ1n) is 8.93. The van der Waals surface area contributed by atoms with Gasteiger partial charge in [-0.15, -0.1) is 0 Å². The Balaban J connectivity index is 1.47. The number of unbranched alkanes of at least 4 members (excludes halogenated alkanes) is 1. The number of piperidine rings is 1. The molecule has 0 aromatic rings. The van der Waals surface area contributed by atoms with Crippen LogP contribution in [0.3, 0.4) is 0 Å². The van der Waals surface area contributed by atoms with E-state index in [0.29, 0.717) is 13.1 Å². The van der Waals surface area contributed by atoms with Crippen LogP contribution in [0.4, 0.5) is 4.79 Å². The van der Waals surface area contributed by atoms with Crippen molar-refractivity contribution in [1.29, 1.82) is 0 Å². The largest absolute Gasteiger partial charge is 0.388 e. The van der Waals surface area contributed by atoms with E-state index in [9.17, 15) is 9.90 Å². The van der Waals surface area contributed by atoms with Gasteiger partial charge in [0.05, 0.1) is 5.60 Å². The zero-order valence-electron chi connectivity index (χ0n) is 14.2. The van der Waals surface area contributed by atoms with Gasteiger partial charge >= 0.3 is 6.03 Å². The van der Waals surface area contributed by atoms with Crippen molar-refractivity contribution in [3.05, 3.63) is 0 Å². The molecule has 128 valence electrons. The van der Waals surface area contributed by atoms with Crippen molar-refractivity contribution in [3.63, 3.8) is 0 Å². The minimum atomic E-state index is -0.640. The molecule has 1 saturated carbocycles. The van der Waals surface area contributed by atoms with Crippen molar-refractivity contribution in [1.82, 2.24) is 15.5 Å². The van der Waals surface area contributed by atoms with Crippen LogP contribution < -0.4 is 10.6 Å². The lowest BCUT2D eigenvalue weighted by Crippen LogP contribution is -2.50. The molecule has 0 aromatic carbocycles. The number of carbonyl (C=O) groups is 1. The van der Waals surface area contributed by atoms with Crippen LogP contribution in [0.1, 0.15) is 52.4 Å². The topological polar surface area (TPSA) is 64.6 Å². The number of urea groups is 1. The quantitative estimate of drug-likeness (QED) is 0.630. The lowest BCUT2D eigenvalue weighted by Gasteiger charge is -2.36. The maximum Gasteiger partial charge on any atom is 0.314 e. The van der Waals surface area contributed by atoms with Crippen LogP contribution in [-0.2, 0) is 0 Å². The van der Waals surface area contributed by atoms with Crippen LogP contribution in [0.25, 0.3) is 0 Å². The van der Waals surface area contributed by atoms with Gasteiger partial charge in [-0.05, 0) is 56.9 Å². The maximum absolute atomic E-state index is 11.6. The molecule has 5 heteroatoms. The van der Waals surface area contributed by atoms with E-state index in [1.165, 1.54) is 19.5 Å². The number of rotatable bonds is 7. The Morgan fingerprint density at radius 1 is 1.18 bits per heavy atom. The summed E-state index contributed by atoms with van der Waals surface area (Å²) >= 11 is 0. The van der Waals surface area contributed by atoms with Crippen LogP contribution in [0.2, 0.25) is 0 Å². The van der Waals surface area contributed by atoms with Gasteiger partial charge in [0.2, 0.25) is 0 Å². The van der Waals surface area contributed by atoms with Gasteiger partial charge < -0.3 is 20.6 Å². The summed E-state index contributed by atoms with van der Waals surface area (Å²) < 4.78 is 0. The summed E-state index contributed by atoms with van der Waals surface area (Å²) in [6.45, 7) is 9.34. The predicted octanol–water partition coefficient (Wildman–Crippen LogP) is 1.96. The first-order valence-corrected chi connectivity index (χ1v) is 8.93. The van der Waals surface area contributed by atoms with Gasteiger partial charge in [-0.2, -0.15) is 0 Å². The van der Waals surface area contributed by atoms with Crippen LogP contribution in [0, 0.1) is 11.8 Å². The zero-order valence-corrected chi connectivity index (χ0v) is 14.2. The number of aliphatic hydroxyl groups is 1. The third-order valence-electron chi connectivity index (χ3n) is 4.99. The summed E-state index contributed by atoms with van der Waals surface area (Å²) in [7, 11) is 0. The standard InChI is InChI=1S/C17H33N3O2/c1-14-10-15(2)12-20(11-14)9-4-3-8-18-16(21)19-13-17(22)6-5-7-17/h14-15,22H,3-13H2,1-2H3,(H2,18,19,21). The van der Waals surface area contributed by atoms with Gasteiger partial charge in [-0.1, -0.05) is 13.8 Å². The highest BCUT2D eigenvalue weighted by Gasteiger charge is 2.34. The van der Waals surface area contributed by atoms with Gasteiger partial charge in [-0.25, -0.2) is 4.79 Å². The van der Waals surface area contributed by atoms with Crippen LogP contribution >= 0.6 is 0 Å². The summed E-state index contributed by atoms with van der Waals surface area (Å²) in [5.74, 6) is 1.62. The lowest BCUT2D eigenvalue weighted by atomic mass is 9.80. The third-order valence-corrected chi connectivity index (χ3v) is 4.99. The second kappa shape index (κ2) is 8.16. The van der Waals surface area contributed by atoms with Crippen LogP contribution in [0.5, 0.6) is 0 Å². The molecular formula is C17H33N3O2. The maximum atomic E-state index is 11.6. The molecule has 3 N–H and O–H groups in total. The number of hydrogen-bond acceptors (Lipinski definition) is 3. The molecule has 2 amide bonds. The van der Waals surface area contributed by atoms with Crippen LogP contribution in [-0.4, -0.2) is 54.4 Å². The Morgan fingerprint density at radius 2 is 1.86 bits per heavy atom. The summed E-state index contributed by atoms with van der Waals surface area (Å²) in [5, 5.41) is 15.6. The number of likely N-dealkylation sites (tertiary alicyclic amines) is 1. The molecule has 0 aromatic heterocycles. The molecule has 0 radical (unpaired) electrons. The number of nitrogens with one attached hydrogen (secondary N) is 2. The Bertz CT molecular complexity index is 348. The highest BCUT2D eigenvalue weighted by Crippen LogP contribution is 2.30. The molecule has 1 heterocycles. The van der Waals surface area contributed by atoms with Crippen molar-refractivity contribution in [2.45, 2.75) is 58.0 Å². The fraction of sp³-hybridized carbons (Fsp3) is 0.941. The van der Waals surface area contributed by atoms with Gasteiger partial charge in [0, 0.05) is 26.2 Å². The van der Waals surface area contributed by atoms with Gasteiger partial charge in [0.15, 0.2) is 0 Å². The first kappa shape index (κ1) is 17.5. The Hall–Kier alpha value is -0.810. The number of nitrogens with zero attached hydrogens (tertiary/aromatic N) is 1. The molecule has 0 bridgehead atoms. The number of hydrogen-bond donors (Lipinski definition) is 3. The predicted molar refractivity (Wildman–Crippen MR) is 88.8 cm³/mol. The van der Waals surface area contributed by atoms with E-state index in [1.54, 1.807) is 0 Å². The van der Waals surface area contributed by atoms with Crippen molar-refractivity contribution in [2.24, 2.45) is 11.8 Å². The molecule has 5 nitrogen and oxygen atoms in total. The number of amides is 2. The molecule has 2 atom stereocenters. The Labute approximate surface area is 134 Å². The highest BCUT2D eigenvalue weighted by molar-refractivity contribution is 5.73. The molecule has 2 fully saturated rings. The Kier molecular flexibility index (Phi) is 6.50. The van der Waals surface area contributed by atoms with Crippen molar-refractivity contribution < 1.29 is 9.90 Å². The molecule has 2 aliphatic rings. The summed E-state index contributed by atoms with van der Waals surface area (Å²) in [5.41, 5.74) is -0.640. The molecule has 1 aliphatic carbocycles. The van der Waals surface area contributed by atoms with Gasteiger partial charge in [0.1, 0.15) is 0 Å². The van der Waals surface area contributed by atoms with E-state index in [4.69, 9.17) is 0 Å². The molecule has 1 saturated heterocycles. The van der Waals surface area contributed by atoms with Crippen molar-refractivity contribution >= 4 is 6.03 Å². The molecule has 0 spiro atoms. The van der Waals surface area contributed by atoms with E-state index in [0.717, 1.165) is 50.5 Å². The minimum Gasteiger partial charge on any atom is -0.388 e. The van der Waals surface area contributed by atoms with Crippen molar-refractivity contribution in [2.75, 3.05) is 32.7 Å². The van der Waals surface area contributed by atoms with E-state index >= 15 is 0 Å². The highest BCUT2D eigenvalue weighted by atomic mass is 16.3. The average molecular weight is 311 g/mol. The van der Waals surface area contributed by atoms with Gasteiger partial charge in [-0.3, -0.25) is 0 Å². The average Bonchev–Trinajstić information content (AvgIpc) is 2.41. The lowest BCUT2D eigenvalue weighted by molar-refractivity contribution is -0.0290. The monoisotopic (exact) mass is 311 g/mol. The summed E-state index contributed by atoms with van der Waals surface area (Å²) in [6.07, 6.45) is 6.17. The van der Waals surface area contributed by atoms with E-state index in [-0.39, 0.29) is 6.03 Å². The van der Waals surface area contributed by atoms with Gasteiger partial charge in [0.25, 0.3) is 0 Å². The smallest absolute Gasteiger partial charge is 0.314 e. The van der Waals surface area contributed by atoms with Crippen LogP contribution in [0.15, 0.2) is 0 Å². The third kappa shape index (κ3) is 5.76. The van der Waals surface area contributed by atoms with E-state index in [2.05, 4.69) is 29.4 Å². The zero-order chi connectivity index (χ0) is 16.0. The summed E-state index contributed by atoms with van der Waals surface area (Å²) in [4.78, 5) is 14.2. The second-order valence-corrected chi connectivity index (χ2v) is 7.60. The first-order chi connectivity index (χ1) is 10.5. The second-order valence-electron chi connectivity index (χ2n) is 7.60. The fourth-order valence-electron chi connectivity index (χ4n) is 3.71. The SMILES string of the molecule is CC1CC(C)CN(CCCCNC(=O)NCC2(O)CCC2)C1. The minimum absolute atomic E-state index is 0.152. The molecular weight excluding hydrogens is 278 g/mol. The molecule has 1 aliphatic heterocycles. The summed E-state index contributed by atoms with van der Waals surface area (Å²) in [6, 6.07) is -0.152. The Morgan fingerprint density at radius 3 is 2.45 bits per heavy atom. The molecule has 22 heavy (non-hydrogen) atoms. The molecule has 2 rings (SSSR count).